The first-order valence-electron chi connectivity index (χ1n) is 9.39. The van der Waals surface area contributed by atoms with Gasteiger partial charge in [0.05, 0.1) is 11.9 Å². The summed E-state index contributed by atoms with van der Waals surface area (Å²) in [5.74, 6) is 0.675. The number of aromatic nitrogens is 2. The molecule has 1 aromatic heterocycles. The van der Waals surface area contributed by atoms with Gasteiger partial charge in [-0.1, -0.05) is 42.5 Å². The minimum absolute atomic E-state index is 0.260. The standard InChI is InChI=1S/C24H20FN3O/c25-20-10-8-18(9-11-20)22-16-27-24(23(28-22)19-4-2-1-3-5-19)26-15-14-17-6-12-21(29)13-7-17/h1-13,16,29H,14-15H2,(H,26,27). The first kappa shape index (κ1) is 18.6. The average Bonchev–Trinajstić information content (AvgIpc) is 2.76. The van der Waals surface area contributed by atoms with Crippen LogP contribution in [0.4, 0.5) is 10.2 Å². The summed E-state index contributed by atoms with van der Waals surface area (Å²) in [6.45, 7) is 0.676. The van der Waals surface area contributed by atoms with E-state index >= 15 is 0 Å². The molecule has 4 aromatic rings. The zero-order valence-electron chi connectivity index (χ0n) is 15.7. The number of phenolic OH excluding ortho intramolecular Hbond substituents is 1. The summed E-state index contributed by atoms with van der Waals surface area (Å²) < 4.78 is 13.3. The molecule has 0 saturated carbocycles. The monoisotopic (exact) mass is 385 g/mol. The lowest BCUT2D eigenvalue weighted by molar-refractivity contribution is 0.475. The summed E-state index contributed by atoms with van der Waals surface area (Å²) in [7, 11) is 0. The molecule has 4 rings (SSSR count). The maximum atomic E-state index is 13.3. The number of rotatable bonds is 6. The summed E-state index contributed by atoms with van der Waals surface area (Å²) in [5, 5.41) is 12.8. The van der Waals surface area contributed by atoms with Crippen LogP contribution in [-0.2, 0) is 6.42 Å². The maximum Gasteiger partial charge on any atom is 0.152 e. The normalized spacial score (nSPS) is 10.7. The smallest absolute Gasteiger partial charge is 0.152 e. The molecule has 0 fully saturated rings. The number of benzene rings is 3. The predicted molar refractivity (Wildman–Crippen MR) is 113 cm³/mol. The zero-order chi connectivity index (χ0) is 20.1. The summed E-state index contributed by atoms with van der Waals surface area (Å²) in [4.78, 5) is 9.39. The quantitative estimate of drug-likeness (QED) is 0.472. The van der Waals surface area contributed by atoms with Gasteiger partial charge in [0.25, 0.3) is 0 Å². The Morgan fingerprint density at radius 2 is 1.55 bits per heavy atom. The Hall–Kier alpha value is -3.73. The lowest BCUT2D eigenvalue weighted by atomic mass is 10.1. The summed E-state index contributed by atoms with van der Waals surface area (Å²) in [6.07, 6.45) is 2.48. The number of nitrogens with one attached hydrogen (secondary N) is 1. The molecule has 4 nitrogen and oxygen atoms in total. The van der Waals surface area contributed by atoms with E-state index in [9.17, 15) is 9.50 Å². The lowest BCUT2D eigenvalue weighted by Gasteiger charge is -2.12. The van der Waals surface area contributed by atoms with Crippen LogP contribution in [0.15, 0.2) is 85.1 Å². The third kappa shape index (κ3) is 4.58. The van der Waals surface area contributed by atoms with Crippen LogP contribution < -0.4 is 5.32 Å². The molecule has 144 valence electrons. The van der Waals surface area contributed by atoms with E-state index in [-0.39, 0.29) is 11.6 Å². The Morgan fingerprint density at radius 1 is 0.828 bits per heavy atom. The van der Waals surface area contributed by atoms with E-state index in [1.54, 1.807) is 30.5 Å². The lowest BCUT2D eigenvalue weighted by Crippen LogP contribution is -2.08. The van der Waals surface area contributed by atoms with Crippen LogP contribution in [0.5, 0.6) is 5.75 Å². The minimum Gasteiger partial charge on any atom is -0.508 e. The fourth-order valence-electron chi connectivity index (χ4n) is 3.06. The Morgan fingerprint density at radius 3 is 2.28 bits per heavy atom. The second kappa shape index (κ2) is 8.52. The zero-order valence-corrected chi connectivity index (χ0v) is 15.7. The fraction of sp³-hybridized carbons (Fsp3) is 0.0833. The summed E-state index contributed by atoms with van der Waals surface area (Å²) in [5.41, 5.74) is 4.32. The van der Waals surface area contributed by atoms with Gasteiger partial charge in [-0.2, -0.15) is 0 Å². The Bertz CT molecular complexity index is 1080. The van der Waals surface area contributed by atoms with Gasteiger partial charge < -0.3 is 10.4 Å². The molecule has 0 saturated heterocycles. The van der Waals surface area contributed by atoms with Crippen LogP contribution in [0.25, 0.3) is 22.5 Å². The van der Waals surface area contributed by atoms with Crippen molar-refractivity contribution < 1.29 is 9.50 Å². The number of hydrogen-bond donors (Lipinski definition) is 2. The Kier molecular flexibility index (Phi) is 5.47. The van der Waals surface area contributed by atoms with E-state index in [0.717, 1.165) is 28.8 Å². The SMILES string of the molecule is Oc1ccc(CCNc2ncc(-c3ccc(F)cc3)nc2-c2ccccc2)cc1. The molecule has 0 aliphatic carbocycles. The first-order valence-corrected chi connectivity index (χ1v) is 9.39. The molecule has 0 amide bonds. The molecule has 5 heteroatoms. The van der Waals surface area contributed by atoms with Crippen LogP contribution >= 0.6 is 0 Å². The fourth-order valence-corrected chi connectivity index (χ4v) is 3.06. The maximum absolute atomic E-state index is 13.3. The second-order valence-electron chi connectivity index (χ2n) is 6.67. The molecule has 1 heterocycles. The molecule has 0 bridgehead atoms. The van der Waals surface area contributed by atoms with E-state index in [0.29, 0.717) is 18.1 Å². The molecule has 0 unspecified atom stereocenters. The molecule has 29 heavy (non-hydrogen) atoms. The van der Waals surface area contributed by atoms with Gasteiger partial charge in [-0.15, -0.1) is 0 Å². The third-order valence-corrected chi connectivity index (χ3v) is 4.60. The molecule has 0 aliphatic rings. The summed E-state index contributed by atoms with van der Waals surface area (Å²) in [6, 6.07) is 23.3. The number of hydrogen-bond acceptors (Lipinski definition) is 4. The number of aromatic hydroxyl groups is 1. The molecule has 0 radical (unpaired) electrons. The highest BCUT2D eigenvalue weighted by molar-refractivity contribution is 5.74. The highest BCUT2D eigenvalue weighted by atomic mass is 19.1. The minimum atomic E-state index is -0.280. The van der Waals surface area contributed by atoms with Crippen LogP contribution in [0, 0.1) is 5.82 Å². The van der Waals surface area contributed by atoms with Crippen molar-refractivity contribution >= 4 is 5.82 Å². The van der Waals surface area contributed by atoms with Gasteiger partial charge in [0.15, 0.2) is 5.82 Å². The van der Waals surface area contributed by atoms with Crippen LogP contribution in [-0.4, -0.2) is 21.6 Å². The van der Waals surface area contributed by atoms with Crippen LogP contribution in [0.3, 0.4) is 0 Å². The van der Waals surface area contributed by atoms with Crippen molar-refractivity contribution in [3.8, 4) is 28.3 Å². The van der Waals surface area contributed by atoms with Crippen molar-refractivity contribution in [1.82, 2.24) is 9.97 Å². The molecular weight excluding hydrogens is 365 g/mol. The molecule has 0 spiro atoms. The van der Waals surface area contributed by atoms with Gasteiger partial charge >= 0.3 is 0 Å². The van der Waals surface area contributed by atoms with Crippen LogP contribution in [0.2, 0.25) is 0 Å². The summed E-state index contributed by atoms with van der Waals surface area (Å²) >= 11 is 0. The van der Waals surface area contributed by atoms with Gasteiger partial charge in [-0.05, 0) is 48.4 Å². The van der Waals surface area contributed by atoms with Gasteiger partial charge in [-0.25, -0.2) is 14.4 Å². The highest BCUT2D eigenvalue weighted by Crippen LogP contribution is 2.27. The molecule has 2 N–H and O–H groups in total. The van der Waals surface area contributed by atoms with E-state index < -0.39 is 0 Å². The van der Waals surface area contributed by atoms with E-state index in [2.05, 4.69) is 10.3 Å². The van der Waals surface area contributed by atoms with Crippen molar-refractivity contribution in [3.05, 3.63) is 96.4 Å². The van der Waals surface area contributed by atoms with Crippen LogP contribution in [0.1, 0.15) is 5.56 Å². The average molecular weight is 385 g/mol. The highest BCUT2D eigenvalue weighted by Gasteiger charge is 2.11. The molecular formula is C24H20FN3O. The van der Waals surface area contributed by atoms with Gasteiger partial charge in [0.1, 0.15) is 17.3 Å². The largest absolute Gasteiger partial charge is 0.508 e. The Balaban J connectivity index is 1.60. The number of halogens is 1. The molecule has 3 aromatic carbocycles. The van der Waals surface area contributed by atoms with E-state index in [1.165, 1.54) is 12.1 Å². The van der Waals surface area contributed by atoms with Crippen molar-refractivity contribution in [2.45, 2.75) is 6.42 Å². The third-order valence-electron chi connectivity index (χ3n) is 4.60. The van der Waals surface area contributed by atoms with Crippen molar-refractivity contribution in [2.24, 2.45) is 0 Å². The molecule has 0 atom stereocenters. The van der Waals surface area contributed by atoms with Gasteiger partial charge in [0, 0.05) is 17.7 Å². The predicted octanol–water partition coefficient (Wildman–Crippen LogP) is 5.31. The Labute approximate surface area is 168 Å². The van der Waals surface area contributed by atoms with Crippen molar-refractivity contribution in [3.63, 3.8) is 0 Å². The van der Waals surface area contributed by atoms with Gasteiger partial charge in [0.2, 0.25) is 0 Å². The van der Waals surface area contributed by atoms with Crippen molar-refractivity contribution in [1.29, 1.82) is 0 Å². The van der Waals surface area contributed by atoms with E-state index in [1.807, 2.05) is 42.5 Å². The van der Waals surface area contributed by atoms with Crippen molar-refractivity contribution in [2.75, 3.05) is 11.9 Å². The number of nitrogens with zero attached hydrogens (tertiary/aromatic N) is 2. The molecule has 0 aliphatic heterocycles. The van der Waals surface area contributed by atoms with Gasteiger partial charge in [-0.3, -0.25) is 0 Å². The van der Waals surface area contributed by atoms with E-state index in [4.69, 9.17) is 4.98 Å². The number of phenols is 1. The first-order chi connectivity index (χ1) is 14.2. The topological polar surface area (TPSA) is 58.0 Å². The number of anilines is 1. The second-order valence-corrected chi connectivity index (χ2v) is 6.67.